The third-order valence-corrected chi connectivity index (χ3v) is 2.15. The third kappa shape index (κ3) is 2.35. The molecule has 1 aromatic rings. The summed E-state index contributed by atoms with van der Waals surface area (Å²) >= 11 is 1.40. The summed E-state index contributed by atoms with van der Waals surface area (Å²) in [6.45, 7) is 0. The molecule has 0 unspecified atom stereocenters. The fourth-order valence-corrected chi connectivity index (χ4v) is 1.27. The van der Waals surface area contributed by atoms with Crippen LogP contribution in [0.2, 0.25) is 0 Å². The van der Waals surface area contributed by atoms with E-state index < -0.39 is 0 Å². The number of carbonyl (C=O) groups excluding carboxylic acids is 1. The van der Waals surface area contributed by atoms with Gasteiger partial charge in [0.05, 0.1) is 0 Å². The summed E-state index contributed by atoms with van der Waals surface area (Å²) in [5.74, 6) is 0.433. The van der Waals surface area contributed by atoms with Crippen molar-refractivity contribution in [2.45, 2.75) is 5.16 Å². The van der Waals surface area contributed by atoms with Gasteiger partial charge in [-0.15, -0.1) is 0 Å². The molecule has 0 fully saturated rings. The van der Waals surface area contributed by atoms with Crippen LogP contribution in [-0.2, 0) is 0 Å². The summed E-state index contributed by atoms with van der Waals surface area (Å²) in [6, 6.07) is 1.61. The van der Waals surface area contributed by atoms with Crippen LogP contribution in [0.1, 0.15) is 10.5 Å². The topological polar surface area (TPSA) is 66.9 Å². The number of rotatable bonds is 3. The first-order valence-corrected chi connectivity index (χ1v) is 5.26. The Morgan fingerprint density at radius 1 is 1.43 bits per heavy atom. The summed E-state index contributed by atoms with van der Waals surface area (Å²) in [6.07, 6.45) is 1.86. The van der Waals surface area contributed by atoms with Crippen LogP contribution in [0.25, 0.3) is 0 Å². The van der Waals surface area contributed by atoms with Crippen LogP contribution in [0.5, 0.6) is 0 Å². The smallest absolute Gasteiger partial charge is 0.269 e. The normalized spacial score (nSPS) is 9.64. The van der Waals surface area contributed by atoms with E-state index in [1.165, 1.54) is 11.8 Å². The van der Waals surface area contributed by atoms with Gasteiger partial charge >= 0.3 is 0 Å². The molecule has 5 nitrogen and oxygen atoms in total. The van der Waals surface area contributed by atoms with Crippen LogP contribution in [0, 0.1) is 0 Å². The van der Waals surface area contributed by atoms with Crippen molar-refractivity contribution in [3.8, 4) is 0 Å². The number of amides is 1. The molecule has 1 heterocycles. The standard InChI is InChI=1S/C8H12N4OS/c1-9-6-4-5(7(13)10-2)11-8(12-6)14-3/h4H,1-3H3,(H,10,13)(H,9,11,12). The molecule has 76 valence electrons. The molecular formula is C8H12N4OS. The summed E-state index contributed by atoms with van der Waals surface area (Å²) in [7, 11) is 3.32. The Labute approximate surface area is 86.7 Å². The molecule has 0 spiro atoms. The van der Waals surface area contributed by atoms with E-state index in [1.807, 2.05) is 6.26 Å². The van der Waals surface area contributed by atoms with E-state index in [-0.39, 0.29) is 5.91 Å². The second-order valence-electron chi connectivity index (χ2n) is 2.45. The number of hydrogen-bond donors (Lipinski definition) is 2. The number of carbonyl (C=O) groups is 1. The quantitative estimate of drug-likeness (QED) is 0.567. The Morgan fingerprint density at radius 3 is 2.64 bits per heavy atom. The number of hydrogen-bond acceptors (Lipinski definition) is 5. The molecule has 1 amide bonds. The summed E-state index contributed by atoms with van der Waals surface area (Å²) in [4.78, 5) is 19.5. The van der Waals surface area contributed by atoms with Crippen molar-refractivity contribution in [1.29, 1.82) is 0 Å². The lowest BCUT2D eigenvalue weighted by molar-refractivity contribution is 0.0957. The zero-order valence-corrected chi connectivity index (χ0v) is 9.10. The van der Waals surface area contributed by atoms with E-state index in [4.69, 9.17) is 0 Å². The molecule has 6 heteroatoms. The fourth-order valence-electron chi connectivity index (χ4n) is 0.889. The summed E-state index contributed by atoms with van der Waals surface area (Å²) in [5, 5.41) is 5.97. The first-order valence-electron chi connectivity index (χ1n) is 4.04. The molecule has 1 aromatic heterocycles. The minimum absolute atomic E-state index is 0.209. The highest BCUT2D eigenvalue weighted by atomic mass is 32.2. The molecule has 0 aromatic carbocycles. The first-order chi connectivity index (χ1) is 6.71. The van der Waals surface area contributed by atoms with Gasteiger partial charge in [-0.05, 0) is 6.26 Å². The Hall–Kier alpha value is -1.30. The second kappa shape index (κ2) is 4.80. The molecule has 14 heavy (non-hydrogen) atoms. The maximum atomic E-state index is 11.3. The van der Waals surface area contributed by atoms with Crippen molar-refractivity contribution >= 4 is 23.5 Å². The maximum absolute atomic E-state index is 11.3. The molecule has 0 bridgehead atoms. The van der Waals surface area contributed by atoms with E-state index in [2.05, 4.69) is 20.6 Å². The van der Waals surface area contributed by atoms with Crippen LogP contribution in [0.15, 0.2) is 11.2 Å². The summed E-state index contributed by atoms with van der Waals surface area (Å²) < 4.78 is 0. The molecule has 0 aliphatic rings. The van der Waals surface area contributed by atoms with Crippen molar-refractivity contribution in [2.24, 2.45) is 0 Å². The molecule has 1 rings (SSSR count). The molecule has 0 aliphatic carbocycles. The van der Waals surface area contributed by atoms with Gasteiger partial charge in [-0.1, -0.05) is 11.8 Å². The van der Waals surface area contributed by atoms with Crippen molar-refractivity contribution in [3.63, 3.8) is 0 Å². The van der Waals surface area contributed by atoms with Crippen molar-refractivity contribution < 1.29 is 4.79 Å². The Morgan fingerprint density at radius 2 is 2.14 bits per heavy atom. The van der Waals surface area contributed by atoms with Crippen LogP contribution in [0.3, 0.4) is 0 Å². The van der Waals surface area contributed by atoms with Crippen LogP contribution < -0.4 is 10.6 Å². The zero-order chi connectivity index (χ0) is 10.6. The molecule has 0 radical (unpaired) electrons. The van der Waals surface area contributed by atoms with Gasteiger partial charge in [0.15, 0.2) is 5.16 Å². The largest absolute Gasteiger partial charge is 0.373 e. The molecule has 0 aliphatic heterocycles. The first kappa shape index (κ1) is 10.8. The number of nitrogens with zero attached hydrogens (tertiary/aromatic N) is 2. The van der Waals surface area contributed by atoms with Gasteiger partial charge in [-0.25, -0.2) is 9.97 Å². The van der Waals surface area contributed by atoms with Gasteiger partial charge in [-0.2, -0.15) is 0 Å². The van der Waals surface area contributed by atoms with Gasteiger partial charge < -0.3 is 10.6 Å². The Balaban J connectivity index is 3.10. The minimum atomic E-state index is -0.209. The molecule has 0 atom stereocenters. The van der Waals surface area contributed by atoms with Gasteiger partial charge in [-0.3, -0.25) is 4.79 Å². The van der Waals surface area contributed by atoms with Gasteiger partial charge in [0.25, 0.3) is 5.91 Å². The maximum Gasteiger partial charge on any atom is 0.269 e. The fraction of sp³-hybridized carbons (Fsp3) is 0.375. The minimum Gasteiger partial charge on any atom is -0.373 e. The highest BCUT2D eigenvalue weighted by molar-refractivity contribution is 7.98. The Kier molecular flexibility index (Phi) is 3.70. The Bertz CT molecular complexity index is 320. The number of anilines is 1. The highest BCUT2D eigenvalue weighted by Gasteiger charge is 2.08. The zero-order valence-electron chi connectivity index (χ0n) is 8.29. The molecule has 2 N–H and O–H groups in total. The van der Waals surface area contributed by atoms with Crippen molar-refractivity contribution in [3.05, 3.63) is 11.8 Å². The van der Waals surface area contributed by atoms with Crippen LogP contribution in [0.4, 0.5) is 5.82 Å². The lowest BCUT2D eigenvalue weighted by Gasteiger charge is -2.04. The molecule has 0 saturated carbocycles. The van der Waals surface area contributed by atoms with Crippen molar-refractivity contribution in [1.82, 2.24) is 15.3 Å². The SMILES string of the molecule is CNC(=O)c1cc(NC)nc(SC)n1. The van der Waals surface area contributed by atoms with Gasteiger partial charge in [0.1, 0.15) is 11.5 Å². The van der Waals surface area contributed by atoms with E-state index in [9.17, 15) is 4.79 Å². The van der Waals surface area contributed by atoms with E-state index in [1.54, 1.807) is 20.2 Å². The number of thioether (sulfide) groups is 1. The average molecular weight is 212 g/mol. The van der Waals surface area contributed by atoms with Crippen molar-refractivity contribution in [2.75, 3.05) is 25.7 Å². The average Bonchev–Trinajstić information content (AvgIpc) is 2.27. The molecule has 0 saturated heterocycles. The highest BCUT2D eigenvalue weighted by Crippen LogP contribution is 2.13. The van der Waals surface area contributed by atoms with E-state index >= 15 is 0 Å². The third-order valence-electron chi connectivity index (χ3n) is 1.60. The predicted molar refractivity (Wildman–Crippen MR) is 56.7 cm³/mol. The van der Waals surface area contributed by atoms with Crippen LogP contribution >= 0.6 is 11.8 Å². The number of nitrogens with one attached hydrogen (secondary N) is 2. The summed E-state index contributed by atoms with van der Waals surface area (Å²) in [5.41, 5.74) is 0.371. The monoisotopic (exact) mass is 212 g/mol. The van der Waals surface area contributed by atoms with Gasteiger partial charge in [0, 0.05) is 20.2 Å². The molecular weight excluding hydrogens is 200 g/mol. The number of aromatic nitrogens is 2. The van der Waals surface area contributed by atoms with E-state index in [0.29, 0.717) is 16.7 Å². The van der Waals surface area contributed by atoms with Crippen LogP contribution in [-0.4, -0.2) is 36.2 Å². The second-order valence-corrected chi connectivity index (χ2v) is 3.23. The predicted octanol–water partition coefficient (Wildman–Crippen LogP) is 0.600. The lowest BCUT2D eigenvalue weighted by atomic mass is 10.3. The van der Waals surface area contributed by atoms with Gasteiger partial charge in [0.2, 0.25) is 0 Å². The lowest BCUT2D eigenvalue weighted by Crippen LogP contribution is -2.20. The van der Waals surface area contributed by atoms with E-state index in [0.717, 1.165) is 0 Å².